The fraction of sp³-hybridized carbons (Fsp3) is 0.0833. The molecule has 18 heavy (non-hydrogen) atoms. The van der Waals surface area contributed by atoms with Gasteiger partial charge in [-0.15, -0.1) is 0 Å². The van der Waals surface area contributed by atoms with E-state index in [1.807, 2.05) is 0 Å². The van der Waals surface area contributed by atoms with Crippen LogP contribution in [0, 0.1) is 10.1 Å². The number of rotatable bonds is 4. The molecule has 0 saturated heterocycles. The Morgan fingerprint density at radius 1 is 1.28 bits per heavy atom. The number of nitro groups is 1. The van der Waals surface area contributed by atoms with Gasteiger partial charge in [0.25, 0.3) is 5.69 Å². The maximum absolute atomic E-state index is 12.6. The first-order valence-electron chi connectivity index (χ1n) is 5.13. The normalized spacial score (nSPS) is 10.1. The lowest BCUT2D eigenvalue weighted by atomic mass is 10.3. The zero-order valence-corrected chi connectivity index (χ0v) is 9.25. The lowest BCUT2D eigenvalue weighted by Crippen LogP contribution is -1.93. The zero-order valence-electron chi connectivity index (χ0n) is 9.25. The minimum absolute atomic E-state index is 0.0333. The number of halogens is 1. The summed E-state index contributed by atoms with van der Waals surface area (Å²) in [4.78, 5) is 13.9. The molecule has 0 amide bonds. The summed E-state index contributed by atoms with van der Waals surface area (Å²) in [5, 5.41) is 10.5. The Balaban J connectivity index is 2.21. The van der Waals surface area contributed by atoms with Crippen molar-refractivity contribution in [2.24, 2.45) is 0 Å². The first kappa shape index (κ1) is 12.0. The highest BCUT2D eigenvalue weighted by atomic mass is 19.1. The smallest absolute Gasteiger partial charge is 0.269 e. The summed E-state index contributed by atoms with van der Waals surface area (Å²) in [6.45, 7) is -0.684. The molecule has 2 rings (SSSR count). The molecule has 0 spiro atoms. The number of nitrogens with zero attached hydrogens (tertiary/aromatic N) is 2. The summed E-state index contributed by atoms with van der Waals surface area (Å²) < 4.78 is 18.0. The van der Waals surface area contributed by atoms with Crippen LogP contribution in [0.25, 0.3) is 0 Å². The van der Waals surface area contributed by atoms with Crippen LogP contribution in [0.2, 0.25) is 0 Å². The predicted molar refractivity (Wildman–Crippen MR) is 62.2 cm³/mol. The number of ether oxygens (including phenoxy) is 1. The van der Waals surface area contributed by atoms with Gasteiger partial charge in [0.15, 0.2) is 0 Å². The van der Waals surface area contributed by atoms with Crippen molar-refractivity contribution in [1.29, 1.82) is 0 Å². The van der Waals surface area contributed by atoms with Crippen LogP contribution in [0.5, 0.6) is 11.6 Å². The molecule has 0 aliphatic heterocycles. The van der Waals surface area contributed by atoms with E-state index in [2.05, 4.69) is 4.98 Å². The largest absolute Gasteiger partial charge is 0.439 e. The van der Waals surface area contributed by atoms with E-state index in [0.29, 0.717) is 11.3 Å². The lowest BCUT2D eigenvalue weighted by Gasteiger charge is -2.07. The Bertz CT molecular complexity index is 558. The van der Waals surface area contributed by atoms with Crippen molar-refractivity contribution in [3.05, 3.63) is 58.3 Å². The van der Waals surface area contributed by atoms with Crippen molar-refractivity contribution < 1.29 is 14.1 Å². The molecule has 0 aliphatic carbocycles. The average Bonchev–Trinajstić information content (AvgIpc) is 2.40. The molecule has 0 unspecified atom stereocenters. The molecule has 1 heterocycles. The SMILES string of the molecule is O=[N+]([O-])c1ccc(Oc2ncccc2CF)cc1. The number of aromatic nitrogens is 1. The molecule has 1 aromatic carbocycles. The Labute approximate surface area is 102 Å². The van der Waals surface area contributed by atoms with E-state index >= 15 is 0 Å². The minimum Gasteiger partial charge on any atom is -0.439 e. The summed E-state index contributed by atoms with van der Waals surface area (Å²) in [7, 11) is 0. The van der Waals surface area contributed by atoms with Crippen LogP contribution >= 0.6 is 0 Å². The van der Waals surface area contributed by atoms with Crippen molar-refractivity contribution >= 4 is 5.69 Å². The van der Waals surface area contributed by atoms with E-state index in [0.717, 1.165) is 0 Å². The molecule has 0 fully saturated rings. The van der Waals surface area contributed by atoms with E-state index in [1.165, 1.54) is 30.5 Å². The summed E-state index contributed by atoms with van der Waals surface area (Å²) in [6, 6.07) is 8.68. The monoisotopic (exact) mass is 248 g/mol. The Morgan fingerprint density at radius 2 is 2.00 bits per heavy atom. The van der Waals surface area contributed by atoms with Crippen LogP contribution in [0.1, 0.15) is 5.56 Å². The van der Waals surface area contributed by atoms with E-state index in [9.17, 15) is 14.5 Å². The van der Waals surface area contributed by atoms with Crippen LogP contribution in [0.15, 0.2) is 42.6 Å². The highest BCUT2D eigenvalue weighted by Gasteiger charge is 2.08. The minimum atomic E-state index is -0.684. The van der Waals surface area contributed by atoms with Gasteiger partial charge in [0.2, 0.25) is 5.88 Å². The predicted octanol–water partition coefficient (Wildman–Crippen LogP) is 3.25. The number of hydrogen-bond acceptors (Lipinski definition) is 4. The van der Waals surface area contributed by atoms with Crippen molar-refractivity contribution in [3.63, 3.8) is 0 Å². The van der Waals surface area contributed by atoms with Crippen molar-refractivity contribution in [3.8, 4) is 11.6 Å². The van der Waals surface area contributed by atoms with E-state index in [1.54, 1.807) is 12.1 Å². The molecule has 0 saturated carbocycles. The number of hydrogen-bond donors (Lipinski definition) is 0. The summed E-state index contributed by atoms with van der Waals surface area (Å²) >= 11 is 0. The summed E-state index contributed by atoms with van der Waals surface area (Å²) in [5.74, 6) is 0.530. The van der Waals surface area contributed by atoms with Gasteiger partial charge >= 0.3 is 0 Å². The highest BCUT2D eigenvalue weighted by Crippen LogP contribution is 2.25. The van der Waals surface area contributed by atoms with Crippen LogP contribution in [0.3, 0.4) is 0 Å². The van der Waals surface area contributed by atoms with E-state index < -0.39 is 11.6 Å². The highest BCUT2D eigenvalue weighted by molar-refractivity contribution is 5.38. The quantitative estimate of drug-likeness (QED) is 0.615. The molecule has 0 radical (unpaired) electrons. The van der Waals surface area contributed by atoms with Crippen molar-refractivity contribution in [1.82, 2.24) is 4.98 Å². The maximum atomic E-state index is 12.6. The third-order valence-electron chi connectivity index (χ3n) is 2.26. The Kier molecular flexibility index (Phi) is 3.47. The molecule has 6 heteroatoms. The van der Waals surface area contributed by atoms with Gasteiger partial charge in [0.05, 0.1) is 4.92 Å². The molecule has 0 N–H and O–H groups in total. The molecule has 0 bridgehead atoms. The standard InChI is InChI=1S/C12H9FN2O3/c13-8-9-2-1-7-14-12(9)18-11-5-3-10(4-6-11)15(16)17/h1-7H,8H2. The second-order valence-electron chi connectivity index (χ2n) is 3.45. The number of pyridine rings is 1. The lowest BCUT2D eigenvalue weighted by molar-refractivity contribution is -0.384. The second-order valence-corrected chi connectivity index (χ2v) is 3.45. The third kappa shape index (κ3) is 2.60. The van der Waals surface area contributed by atoms with Gasteiger partial charge < -0.3 is 4.74 Å². The van der Waals surface area contributed by atoms with Crippen LogP contribution in [0.4, 0.5) is 10.1 Å². The summed E-state index contributed by atoms with van der Waals surface area (Å²) in [5.41, 5.74) is 0.296. The molecular formula is C12H9FN2O3. The van der Waals surface area contributed by atoms with Crippen LogP contribution < -0.4 is 4.74 Å². The average molecular weight is 248 g/mol. The van der Waals surface area contributed by atoms with E-state index in [4.69, 9.17) is 4.74 Å². The fourth-order valence-electron chi connectivity index (χ4n) is 1.37. The number of benzene rings is 1. The third-order valence-corrected chi connectivity index (χ3v) is 2.26. The van der Waals surface area contributed by atoms with Gasteiger partial charge in [-0.3, -0.25) is 10.1 Å². The topological polar surface area (TPSA) is 65.3 Å². The van der Waals surface area contributed by atoms with Gasteiger partial charge in [-0.2, -0.15) is 0 Å². The van der Waals surface area contributed by atoms with Crippen molar-refractivity contribution in [2.45, 2.75) is 6.67 Å². The Morgan fingerprint density at radius 3 is 2.61 bits per heavy atom. The second kappa shape index (κ2) is 5.22. The molecule has 0 atom stereocenters. The number of nitro benzene ring substituents is 1. The van der Waals surface area contributed by atoms with Crippen LogP contribution in [-0.2, 0) is 6.67 Å². The van der Waals surface area contributed by atoms with Gasteiger partial charge in [-0.1, -0.05) is 0 Å². The van der Waals surface area contributed by atoms with E-state index in [-0.39, 0.29) is 11.6 Å². The van der Waals surface area contributed by atoms with Gasteiger partial charge in [0, 0.05) is 23.9 Å². The molecule has 92 valence electrons. The van der Waals surface area contributed by atoms with Gasteiger partial charge in [-0.05, 0) is 24.3 Å². The molecular weight excluding hydrogens is 239 g/mol. The number of non-ortho nitro benzene ring substituents is 1. The molecule has 2 aromatic rings. The van der Waals surface area contributed by atoms with Crippen molar-refractivity contribution in [2.75, 3.05) is 0 Å². The van der Waals surface area contributed by atoms with Crippen LogP contribution in [-0.4, -0.2) is 9.91 Å². The first-order valence-corrected chi connectivity index (χ1v) is 5.13. The first-order chi connectivity index (χ1) is 8.70. The molecule has 0 aliphatic rings. The summed E-state index contributed by atoms with van der Waals surface area (Å²) in [6.07, 6.45) is 1.49. The fourth-order valence-corrected chi connectivity index (χ4v) is 1.37. The maximum Gasteiger partial charge on any atom is 0.269 e. The van der Waals surface area contributed by atoms with Gasteiger partial charge in [-0.25, -0.2) is 9.37 Å². The molecule has 5 nitrogen and oxygen atoms in total. The molecule has 1 aromatic heterocycles. The number of alkyl halides is 1. The Hall–Kier alpha value is -2.50. The van der Waals surface area contributed by atoms with Gasteiger partial charge in [0.1, 0.15) is 12.4 Å². The zero-order chi connectivity index (χ0) is 13.0.